The standard InChI is InChI=1S/C21H21F3N4O4/c1-26(13-19(29)25-17-7-3-2-6-16(17)21(22,23)24)20(30)15-12-14(28(31)32)8-9-18(15)27-10-4-5-11-27/h2-3,6-9,12H,4-5,10-11,13H2,1H3,(H,25,29). The van der Waals surface area contributed by atoms with Gasteiger partial charge in [-0.1, -0.05) is 12.1 Å². The van der Waals surface area contributed by atoms with Gasteiger partial charge in [0.05, 0.1) is 34.0 Å². The maximum Gasteiger partial charge on any atom is 0.418 e. The van der Waals surface area contributed by atoms with Gasteiger partial charge in [0.2, 0.25) is 5.91 Å². The molecule has 1 heterocycles. The Hall–Kier alpha value is -3.63. The average Bonchev–Trinajstić information content (AvgIpc) is 3.27. The van der Waals surface area contributed by atoms with Crippen LogP contribution in [0.4, 0.5) is 30.2 Å². The number of nitro benzene ring substituents is 1. The lowest BCUT2D eigenvalue weighted by Crippen LogP contribution is -2.36. The van der Waals surface area contributed by atoms with Crippen LogP contribution in [0.3, 0.4) is 0 Å². The highest BCUT2D eigenvalue weighted by molar-refractivity contribution is 6.03. The van der Waals surface area contributed by atoms with Gasteiger partial charge in [0.25, 0.3) is 11.6 Å². The normalized spacial score (nSPS) is 13.7. The summed E-state index contributed by atoms with van der Waals surface area (Å²) in [5.74, 6) is -1.47. The molecule has 2 aromatic rings. The quantitative estimate of drug-likeness (QED) is 0.532. The van der Waals surface area contributed by atoms with Crippen LogP contribution in [0.15, 0.2) is 42.5 Å². The van der Waals surface area contributed by atoms with Crippen molar-refractivity contribution in [3.8, 4) is 0 Å². The minimum atomic E-state index is -4.65. The fourth-order valence-corrected chi connectivity index (χ4v) is 3.56. The van der Waals surface area contributed by atoms with Gasteiger partial charge in [0.15, 0.2) is 0 Å². The Morgan fingerprint density at radius 3 is 2.44 bits per heavy atom. The fourth-order valence-electron chi connectivity index (χ4n) is 3.56. The Balaban J connectivity index is 1.79. The molecular weight excluding hydrogens is 429 g/mol. The van der Waals surface area contributed by atoms with Crippen LogP contribution >= 0.6 is 0 Å². The van der Waals surface area contributed by atoms with E-state index in [1.807, 2.05) is 4.90 Å². The molecule has 2 amide bonds. The molecule has 0 aromatic heterocycles. The number of hydrogen-bond acceptors (Lipinski definition) is 5. The van der Waals surface area contributed by atoms with Crippen LogP contribution in [0.5, 0.6) is 0 Å². The first-order chi connectivity index (χ1) is 15.1. The first-order valence-electron chi connectivity index (χ1n) is 9.83. The number of anilines is 2. The zero-order valence-corrected chi connectivity index (χ0v) is 17.2. The number of para-hydroxylation sites is 1. The summed E-state index contributed by atoms with van der Waals surface area (Å²) < 4.78 is 39.4. The van der Waals surface area contributed by atoms with Crippen molar-refractivity contribution in [2.45, 2.75) is 19.0 Å². The second kappa shape index (κ2) is 9.25. The van der Waals surface area contributed by atoms with Crippen molar-refractivity contribution in [3.63, 3.8) is 0 Å². The summed E-state index contributed by atoms with van der Waals surface area (Å²) in [5.41, 5.74) is -1.11. The number of hydrogen-bond donors (Lipinski definition) is 1. The van der Waals surface area contributed by atoms with E-state index in [9.17, 15) is 32.9 Å². The zero-order chi connectivity index (χ0) is 23.5. The topological polar surface area (TPSA) is 95.8 Å². The minimum absolute atomic E-state index is 0.0621. The summed E-state index contributed by atoms with van der Waals surface area (Å²) in [7, 11) is 1.31. The number of rotatable bonds is 6. The van der Waals surface area contributed by atoms with Gasteiger partial charge in [-0.15, -0.1) is 0 Å². The largest absolute Gasteiger partial charge is 0.418 e. The van der Waals surface area contributed by atoms with Crippen molar-refractivity contribution in [1.82, 2.24) is 4.90 Å². The molecule has 1 aliphatic heterocycles. The van der Waals surface area contributed by atoms with Gasteiger partial charge in [-0.2, -0.15) is 13.2 Å². The third-order valence-corrected chi connectivity index (χ3v) is 5.10. The molecule has 8 nitrogen and oxygen atoms in total. The van der Waals surface area contributed by atoms with E-state index in [0.29, 0.717) is 18.8 Å². The van der Waals surface area contributed by atoms with Crippen molar-refractivity contribution in [3.05, 3.63) is 63.7 Å². The van der Waals surface area contributed by atoms with E-state index in [-0.39, 0.29) is 11.3 Å². The average molecular weight is 450 g/mol. The molecule has 11 heteroatoms. The second-order valence-electron chi connectivity index (χ2n) is 7.41. The first kappa shape index (κ1) is 23.0. The highest BCUT2D eigenvalue weighted by atomic mass is 19.4. The zero-order valence-electron chi connectivity index (χ0n) is 17.2. The van der Waals surface area contributed by atoms with Crippen molar-refractivity contribution in [2.24, 2.45) is 0 Å². The number of halogens is 3. The molecule has 0 radical (unpaired) electrons. The number of nitro groups is 1. The van der Waals surface area contributed by atoms with Gasteiger partial charge in [-0.25, -0.2) is 0 Å². The van der Waals surface area contributed by atoms with Crippen LogP contribution in [0.25, 0.3) is 0 Å². The van der Waals surface area contributed by atoms with Crippen LogP contribution in [-0.2, 0) is 11.0 Å². The highest BCUT2D eigenvalue weighted by Crippen LogP contribution is 2.34. The van der Waals surface area contributed by atoms with E-state index >= 15 is 0 Å². The van der Waals surface area contributed by atoms with Gasteiger partial charge in [0, 0.05) is 32.3 Å². The number of nitrogens with zero attached hydrogens (tertiary/aromatic N) is 3. The number of alkyl halides is 3. The van der Waals surface area contributed by atoms with Crippen LogP contribution in [-0.4, -0.2) is 48.3 Å². The SMILES string of the molecule is CN(CC(=O)Nc1ccccc1C(F)(F)F)C(=O)c1cc([N+](=O)[O-])ccc1N1CCCC1. The second-order valence-corrected chi connectivity index (χ2v) is 7.41. The molecule has 1 N–H and O–H groups in total. The summed E-state index contributed by atoms with van der Waals surface area (Å²) >= 11 is 0. The lowest BCUT2D eigenvalue weighted by molar-refractivity contribution is -0.384. The predicted octanol–water partition coefficient (Wildman–Crippen LogP) is 3.92. The van der Waals surface area contributed by atoms with E-state index in [4.69, 9.17) is 0 Å². The summed E-state index contributed by atoms with van der Waals surface area (Å²) in [4.78, 5) is 38.9. The summed E-state index contributed by atoms with van der Waals surface area (Å²) in [6.45, 7) is 0.847. The molecule has 2 aromatic carbocycles. The maximum atomic E-state index is 13.1. The number of likely N-dealkylation sites (N-methyl/N-ethyl adjacent to an activating group) is 1. The molecule has 1 aliphatic rings. The van der Waals surface area contributed by atoms with E-state index in [1.54, 1.807) is 0 Å². The van der Waals surface area contributed by atoms with Crippen LogP contribution in [0.1, 0.15) is 28.8 Å². The van der Waals surface area contributed by atoms with Crippen molar-refractivity contribution < 1.29 is 27.7 Å². The molecule has 1 saturated heterocycles. The lowest BCUT2D eigenvalue weighted by Gasteiger charge is -2.24. The molecular formula is C21H21F3N4O4. The van der Waals surface area contributed by atoms with E-state index in [1.165, 1.54) is 31.3 Å². The molecule has 0 spiro atoms. The third kappa shape index (κ3) is 5.16. The van der Waals surface area contributed by atoms with Crippen molar-refractivity contribution >= 4 is 28.9 Å². The summed E-state index contributed by atoms with van der Waals surface area (Å²) in [6, 6.07) is 8.49. The number of nitrogens with one attached hydrogen (secondary N) is 1. The Morgan fingerprint density at radius 2 is 1.81 bits per heavy atom. The first-order valence-corrected chi connectivity index (χ1v) is 9.83. The van der Waals surface area contributed by atoms with Crippen LogP contribution in [0.2, 0.25) is 0 Å². The van der Waals surface area contributed by atoms with Gasteiger partial charge in [0.1, 0.15) is 0 Å². The Morgan fingerprint density at radius 1 is 1.16 bits per heavy atom. The Kier molecular flexibility index (Phi) is 6.66. The number of carbonyl (C=O) groups excluding carboxylic acids is 2. The molecule has 0 atom stereocenters. The summed E-state index contributed by atoms with van der Waals surface area (Å²) in [5, 5.41) is 13.4. The van der Waals surface area contributed by atoms with Gasteiger partial charge < -0.3 is 15.1 Å². The van der Waals surface area contributed by atoms with Gasteiger partial charge >= 0.3 is 6.18 Å². The monoisotopic (exact) mass is 450 g/mol. The summed E-state index contributed by atoms with van der Waals surface area (Å²) in [6.07, 6.45) is -2.82. The minimum Gasteiger partial charge on any atom is -0.371 e. The molecule has 32 heavy (non-hydrogen) atoms. The molecule has 0 unspecified atom stereocenters. The molecule has 0 saturated carbocycles. The van der Waals surface area contributed by atoms with Crippen LogP contribution in [0, 0.1) is 10.1 Å². The van der Waals surface area contributed by atoms with Gasteiger partial charge in [-0.3, -0.25) is 19.7 Å². The third-order valence-electron chi connectivity index (χ3n) is 5.10. The smallest absolute Gasteiger partial charge is 0.371 e. The molecule has 170 valence electrons. The lowest BCUT2D eigenvalue weighted by atomic mass is 10.1. The highest BCUT2D eigenvalue weighted by Gasteiger charge is 2.33. The molecule has 0 aliphatic carbocycles. The number of benzene rings is 2. The fraction of sp³-hybridized carbons (Fsp3) is 0.333. The number of carbonyl (C=O) groups is 2. The van der Waals surface area contributed by atoms with Crippen molar-refractivity contribution in [1.29, 1.82) is 0 Å². The predicted molar refractivity (Wildman–Crippen MR) is 112 cm³/mol. The van der Waals surface area contributed by atoms with Gasteiger partial charge in [-0.05, 0) is 31.0 Å². The Labute approximate surface area is 181 Å². The van der Waals surface area contributed by atoms with Crippen LogP contribution < -0.4 is 10.2 Å². The van der Waals surface area contributed by atoms with E-state index < -0.39 is 40.7 Å². The van der Waals surface area contributed by atoms with Crippen molar-refractivity contribution in [2.75, 3.05) is 36.9 Å². The Bertz CT molecular complexity index is 1040. The molecule has 0 bridgehead atoms. The van der Waals surface area contributed by atoms with E-state index in [2.05, 4.69) is 5.32 Å². The van der Waals surface area contributed by atoms with E-state index in [0.717, 1.165) is 35.9 Å². The molecule has 3 rings (SSSR count). The molecule has 1 fully saturated rings. The number of amides is 2. The maximum absolute atomic E-state index is 13.1. The number of non-ortho nitro benzene ring substituents is 1.